The molecule has 110 valence electrons. The van der Waals surface area contributed by atoms with Crippen molar-refractivity contribution >= 4 is 11.8 Å². The Kier molecular flexibility index (Phi) is 4.63. The molecule has 3 rings (SSSR count). The van der Waals surface area contributed by atoms with Crippen molar-refractivity contribution in [1.82, 2.24) is 9.88 Å². The van der Waals surface area contributed by atoms with Crippen molar-refractivity contribution in [2.75, 3.05) is 11.9 Å². The number of amides is 2. The van der Waals surface area contributed by atoms with Gasteiger partial charge in [-0.2, -0.15) is 0 Å². The van der Waals surface area contributed by atoms with Crippen LogP contribution in [0.4, 0.5) is 10.6 Å². The number of urea groups is 1. The van der Waals surface area contributed by atoms with Crippen molar-refractivity contribution in [1.29, 1.82) is 0 Å². The standard InChI is InChI=1S/C14H19N3O.C2H6/c1-10-7-8-13(15-9-10)17-12-6-4-3-5-11(12)16(2)14(17)18;1-2/h7-9,11-12H,3-6H2,1-2H3;1-2H3. The second-order valence-corrected chi connectivity index (χ2v) is 5.38. The Labute approximate surface area is 121 Å². The number of hydrogen-bond donors (Lipinski definition) is 0. The van der Waals surface area contributed by atoms with Gasteiger partial charge in [-0.05, 0) is 31.4 Å². The SMILES string of the molecule is CC.Cc1ccc(N2C(=O)N(C)C3CCCCC32)nc1. The molecule has 20 heavy (non-hydrogen) atoms. The van der Waals surface area contributed by atoms with Gasteiger partial charge >= 0.3 is 6.03 Å². The molecule has 1 saturated carbocycles. The van der Waals surface area contributed by atoms with Crippen LogP contribution in [0.2, 0.25) is 0 Å². The average molecular weight is 275 g/mol. The second kappa shape index (κ2) is 6.25. The molecule has 2 fully saturated rings. The van der Waals surface area contributed by atoms with Crippen molar-refractivity contribution in [2.24, 2.45) is 0 Å². The highest BCUT2D eigenvalue weighted by Gasteiger charge is 2.45. The number of nitrogens with zero attached hydrogens (tertiary/aromatic N) is 3. The second-order valence-electron chi connectivity index (χ2n) is 5.38. The lowest BCUT2D eigenvalue weighted by Gasteiger charge is -2.30. The van der Waals surface area contributed by atoms with Gasteiger partial charge < -0.3 is 4.90 Å². The van der Waals surface area contributed by atoms with Gasteiger partial charge in [-0.1, -0.05) is 32.8 Å². The molecule has 1 aromatic rings. The lowest BCUT2D eigenvalue weighted by Crippen LogP contribution is -2.39. The fourth-order valence-electron chi connectivity index (χ4n) is 3.17. The predicted octanol–water partition coefficient (Wildman–Crippen LogP) is 3.60. The number of pyridine rings is 1. The summed E-state index contributed by atoms with van der Waals surface area (Å²) in [5.74, 6) is 0.798. The van der Waals surface area contributed by atoms with Gasteiger partial charge in [0.05, 0.1) is 12.1 Å². The first kappa shape index (κ1) is 14.8. The molecule has 4 nitrogen and oxygen atoms in total. The number of hydrogen-bond acceptors (Lipinski definition) is 2. The highest BCUT2D eigenvalue weighted by atomic mass is 16.2. The van der Waals surface area contributed by atoms with Crippen LogP contribution in [-0.4, -0.2) is 35.0 Å². The molecule has 4 heteroatoms. The minimum Gasteiger partial charge on any atom is -0.322 e. The summed E-state index contributed by atoms with van der Waals surface area (Å²) in [7, 11) is 1.92. The first-order chi connectivity index (χ1) is 9.68. The summed E-state index contributed by atoms with van der Waals surface area (Å²) in [6.07, 6.45) is 6.49. The minimum absolute atomic E-state index is 0.100. The van der Waals surface area contributed by atoms with Crippen LogP contribution in [0.25, 0.3) is 0 Å². The van der Waals surface area contributed by atoms with Gasteiger partial charge in [-0.3, -0.25) is 4.90 Å². The minimum atomic E-state index is 0.100. The van der Waals surface area contributed by atoms with Crippen molar-refractivity contribution in [3.8, 4) is 0 Å². The largest absolute Gasteiger partial charge is 0.326 e. The molecule has 2 heterocycles. The van der Waals surface area contributed by atoms with Crippen LogP contribution in [0.1, 0.15) is 45.1 Å². The summed E-state index contributed by atoms with van der Waals surface area (Å²) < 4.78 is 0. The molecule has 1 aliphatic heterocycles. The molecule has 1 saturated heterocycles. The van der Waals surface area contributed by atoms with E-state index >= 15 is 0 Å². The molecule has 1 aliphatic carbocycles. The van der Waals surface area contributed by atoms with E-state index in [9.17, 15) is 4.79 Å². The van der Waals surface area contributed by atoms with E-state index in [1.54, 1.807) is 0 Å². The predicted molar refractivity (Wildman–Crippen MR) is 82.0 cm³/mol. The van der Waals surface area contributed by atoms with Gasteiger partial charge in [-0.25, -0.2) is 9.78 Å². The third-order valence-corrected chi connectivity index (χ3v) is 4.17. The van der Waals surface area contributed by atoms with Gasteiger partial charge in [0.25, 0.3) is 0 Å². The van der Waals surface area contributed by atoms with Gasteiger partial charge in [0.1, 0.15) is 5.82 Å². The van der Waals surface area contributed by atoms with Crippen LogP contribution in [-0.2, 0) is 0 Å². The summed E-state index contributed by atoms with van der Waals surface area (Å²) >= 11 is 0. The molecule has 0 radical (unpaired) electrons. The summed E-state index contributed by atoms with van der Waals surface area (Å²) in [5, 5.41) is 0. The van der Waals surface area contributed by atoms with Gasteiger partial charge in [-0.15, -0.1) is 0 Å². The lowest BCUT2D eigenvalue weighted by molar-refractivity contribution is 0.208. The molecule has 1 aromatic heterocycles. The number of likely N-dealkylation sites (N-methyl/N-ethyl adjacent to an activating group) is 1. The molecule has 2 aliphatic rings. The van der Waals surface area contributed by atoms with E-state index in [-0.39, 0.29) is 6.03 Å². The number of rotatable bonds is 1. The van der Waals surface area contributed by atoms with Gasteiger partial charge in [0, 0.05) is 13.2 Å². The summed E-state index contributed by atoms with van der Waals surface area (Å²) in [5.41, 5.74) is 1.12. The molecule has 2 unspecified atom stereocenters. The molecular weight excluding hydrogens is 250 g/mol. The third-order valence-electron chi connectivity index (χ3n) is 4.17. The Morgan fingerprint density at radius 3 is 2.40 bits per heavy atom. The topological polar surface area (TPSA) is 36.4 Å². The highest BCUT2D eigenvalue weighted by Crippen LogP contribution is 2.35. The molecule has 0 aromatic carbocycles. The van der Waals surface area contributed by atoms with E-state index in [2.05, 4.69) is 4.98 Å². The zero-order chi connectivity index (χ0) is 14.7. The fourth-order valence-corrected chi connectivity index (χ4v) is 3.17. The number of aryl methyl sites for hydroxylation is 1. The first-order valence-electron chi connectivity index (χ1n) is 7.67. The number of anilines is 1. The summed E-state index contributed by atoms with van der Waals surface area (Å²) in [4.78, 5) is 20.6. The lowest BCUT2D eigenvalue weighted by atomic mass is 9.90. The number of aromatic nitrogens is 1. The number of fused-ring (bicyclic) bond motifs is 1. The van der Waals surface area contributed by atoms with Crippen LogP contribution in [0.3, 0.4) is 0 Å². The zero-order valence-electron chi connectivity index (χ0n) is 13.0. The van der Waals surface area contributed by atoms with Crippen LogP contribution >= 0.6 is 0 Å². The Morgan fingerprint density at radius 1 is 1.15 bits per heavy atom. The Hall–Kier alpha value is -1.58. The van der Waals surface area contributed by atoms with E-state index in [0.29, 0.717) is 12.1 Å². The van der Waals surface area contributed by atoms with Crippen LogP contribution < -0.4 is 4.90 Å². The molecule has 0 spiro atoms. The molecule has 0 N–H and O–H groups in total. The summed E-state index contributed by atoms with van der Waals surface area (Å²) in [6.45, 7) is 6.01. The average Bonchev–Trinajstić information content (AvgIpc) is 2.75. The van der Waals surface area contributed by atoms with Crippen molar-refractivity contribution in [3.05, 3.63) is 23.9 Å². The summed E-state index contributed by atoms with van der Waals surface area (Å²) in [6, 6.07) is 4.76. The van der Waals surface area contributed by atoms with Crippen molar-refractivity contribution < 1.29 is 4.79 Å². The van der Waals surface area contributed by atoms with Gasteiger partial charge in [0.2, 0.25) is 0 Å². The molecule has 0 bridgehead atoms. The Bertz CT molecular complexity index is 457. The molecular formula is C16H25N3O. The normalized spacial score (nSPS) is 25.1. The Morgan fingerprint density at radius 2 is 1.80 bits per heavy atom. The van der Waals surface area contributed by atoms with E-state index in [1.807, 2.05) is 55.9 Å². The quantitative estimate of drug-likeness (QED) is 0.785. The number of carbonyl (C=O) groups is 1. The van der Waals surface area contributed by atoms with E-state index < -0.39 is 0 Å². The Balaban J connectivity index is 0.000000704. The van der Waals surface area contributed by atoms with Crippen LogP contribution in [0, 0.1) is 6.92 Å². The fraction of sp³-hybridized carbons (Fsp3) is 0.625. The monoisotopic (exact) mass is 275 g/mol. The van der Waals surface area contributed by atoms with Crippen LogP contribution in [0.15, 0.2) is 18.3 Å². The molecule has 2 atom stereocenters. The van der Waals surface area contributed by atoms with Crippen molar-refractivity contribution in [2.45, 2.75) is 58.5 Å². The maximum absolute atomic E-state index is 12.4. The smallest absolute Gasteiger partial charge is 0.322 e. The maximum atomic E-state index is 12.4. The number of carbonyl (C=O) groups excluding carboxylic acids is 1. The highest BCUT2D eigenvalue weighted by molar-refractivity contribution is 5.94. The van der Waals surface area contributed by atoms with Crippen molar-refractivity contribution in [3.63, 3.8) is 0 Å². The molecule has 2 amide bonds. The van der Waals surface area contributed by atoms with Gasteiger partial charge in [0.15, 0.2) is 0 Å². The maximum Gasteiger partial charge on any atom is 0.326 e. The zero-order valence-corrected chi connectivity index (χ0v) is 13.0. The van der Waals surface area contributed by atoms with Crippen LogP contribution in [0.5, 0.6) is 0 Å². The van der Waals surface area contributed by atoms with E-state index in [1.165, 1.54) is 12.8 Å². The third kappa shape index (κ3) is 2.51. The first-order valence-corrected chi connectivity index (χ1v) is 7.67. The van der Waals surface area contributed by atoms with E-state index in [0.717, 1.165) is 24.2 Å². The van der Waals surface area contributed by atoms with E-state index in [4.69, 9.17) is 0 Å².